The lowest BCUT2D eigenvalue weighted by Gasteiger charge is -2.47. The van der Waals surface area contributed by atoms with Gasteiger partial charge in [-0.25, -0.2) is 0 Å². The van der Waals surface area contributed by atoms with Crippen LogP contribution in [0.1, 0.15) is 52.4 Å². The topological polar surface area (TPSA) is 35.5 Å². The molecule has 1 saturated carbocycles. The van der Waals surface area contributed by atoms with Crippen molar-refractivity contribution in [2.45, 2.75) is 63.6 Å². The van der Waals surface area contributed by atoms with Crippen LogP contribution in [0.2, 0.25) is 0 Å². The summed E-state index contributed by atoms with van der Waals surface area (Å²) >= 11 is 0. The maximum absolute atomic E-state index is 12.5. The minimum Gasteiger partial charge on any atom is -0.375 e. The molecule has 0 radical (unpaired) electrons. The van der Waals surface area contributed by atoms with Crippen molar-refractivity contribution >= 4 is 5.78 Å². The summed E-state index contributed by atoms with van der Waals surface area (Å²) < 4.78 is 11.3. The highest BCUT2D eigenvalue weighted by Crippen LogP contribution is 2.45. The molecule has 98 valence electrons. The fourth-order valence-corrected chi connectivity index (χ4v) is 3.02. The van der Waals surface area contributed by atoms with Gasteiger partial charge in [0.15, 0.2) is 5.78 Å². The van der Waals surface area contributed by atoms with Gasteiger partial charge >= 0.3 is 0 Å². The van der Waals surface area contributed by atoms with E-state index in [4.69, 9.17) is 9.47 Å². The van der Waals surface area contributed by atoms with Gasteiger partial charge in [-0.3, -0.25) is 4.79 Å². The molecule has 2 aliphatic rings. The Kier molecular flexibility index (Phi) is 3.60. The van der Waals surface area contributed by atoms with Gasteiger partial charge in [-0.15, -0.1) is 0 Å². The molecule has 1 heterocycles. The highest BCUT2D eigenvalue weighted by atomic mass is 16.5. The second-order valence-corrected chi connectivity index (χ2v) is 5.73. The normalized spacial score (nSPS) is 30.6. The third kappa shape index (κ3) is 2.27. The molecule has 0 bridgehead atoms. The highest BCUT2D eigenvalue weighted by Gasteiger charge is 2.47. The summed E-state index contributed by atoms with van der Waals surface area (Å²) in [5.74, 6) is 0.408. The fourth-order valence-electron chi connectivity index (χ4n) is 3.02. The van der Waals surface area contributed by atoms with Crippen molar-refractivity contribution in [2.75, 3.05) is 13.7 Å². The first-order chi connectivity index (χ1) is 8.05. The number of carbonyl (C=O) groups is 1. The van der Waals surface area contributed by atoms with Gasteiger partial charge in [-0.1, -0.05) is 6.92 Å². The number of rotatable bonds is 4. The van der Waals surface area contributed by atoms with Gasteiger partial charge in [-0.05, 0) is 45.4 Å². The Hall–Kier alpha value is -0.410. The summed E-state index contributed by atoms with van der Waals surface area (Å²) in [5.41, 5.74) is -0.562. The molecule has 2 rings (SSSR count). The van der Waals surface area contributed by atoms with Gasteiger partial charge in [0.25, 0.3) is 0 Å². The van der Waals surface area contributed by atoms with Gasteiger partial charge in [0, 0.05) is 19.6 Å². The summed E-state index contributed by atoms with van der Waals surface area (Å²) in [7, 11) is 1.64. The van der Waals surface area contributed by atoms with E-state index < -0.39 is 5.60 Å². The molecule has 0 amide bonds. The Balaban J connectivity index is 2.04. The molecule has 0 aromatic heterocycles. The lowest BCUT2D eigenvalue weighted by atomic mass is 9.69. The number of ether oxygens (including phenoxy) is 2. The highest BCUT2D eigenvalue weighted by molar-refractivity contribution is 5.89. The van der Waals surface area contributed by atoms with Crippen molar-refractivity contribution < 1.29 is 14.3 Å². The molecule has 0 N–H and O–H groups in total. The van der Waals surface area contributed by atoms with Crippen LogP contribution in [0.4, 0.5) is 0 Å². The van der Waals surface area contributed by atoms with E-state index in [0.29, 0.717) is 0 Å². The van der Waals surface area contributed by atoms with Crippen LogP contribution in [-0.4, -0.2) is 30.7 Å². The molecule has 2 fully saturated rings. The molecule has 1 aliphatic carbocycles. The van der Waals surface area contributed by atoms with Crippen molar-refractivity contribution in [3.8, 4) is 0 Å². The number of Topliss-reactive ketones (excluding diaryl/α,β-unsaturated/α-hetero) is 1. The largest absolute Gasteiger partial charge is 0.375 e. The zero-order valence-electron chi connectivity index (χ0n) is 11.3. The maximum Gasteiger partial charge on any atom is 0.167 e. The van der Waals surface area contributed by atoms with Crippen LogP contribution >= 0.6 is 0 Å². The van der Waals surface area contributed by atoms with Crippen LogP contribution in [0, 0.1) is 5.92 Å². The number of hydrogen-bond acceptors (Lipinski definition) is 3. The number of carbonyl (C=O) groups excluding carboxylic acids is 1. The van der Waals surface area contributed by atoms with Crippen molar-refractivity contribution in [3.63, 3.8) is 0 Å². The van der Waals surface area contributed by atoms with Gasteiger partial charge in [0.2, 0.25) is 0 Å². The van der Waals surface area contributed by atoms with E-state index in [1.807, 2.05) is 13.8 Å². The van der Waals surface area contributed by atoms with E-state index in [1.54, 1.807) is 7.11 Å². The van der Waals surface area contributed by atoms with E-state index in [2.05, 4.69) is 0 Å². The first kappa shape index (κ1) is 13.0. The quantitative estimate of drug-likeness (QED) is 0.758. The zero-order chi connectivity index (χ0) is 12.5. The third-order valence-corrected chi connectivity index (χ3v) is 4.77. The molecule has 3 heteroatoms. The molecule has 1 saturated heterocycles. The second kappa shape index (κ2) is 4.69. The standard InChI is InChI=1S/C14H24O3/c1-4-13(2,16-3)12(15)11-6-9-17-14(10-11)7-5-8-14/h11H,4-10H2,1-3H3. The molecule has 0 aromatic rings. The van der Waals surface area contributed by atoms with Crippen molar-refractivity contribution in [1.29, 1.82) is 0 Å². The minimum absolute atomic E-state index is 0.0426. The monoisotopic (exact) mass is 240 g/mol. The average molecular weight is 240 g/mol. The zero-order valence-corrected chi connectivity index (χ0v) is 11.3. The Bertz CT molecular complexity index is 290. The van der Waals surface area contributed by atoms with E-state index in [0.717, 1.165) is 38.7 Å². The molecular formula is C14H24O3. The van der Waals surface area contributed by atoms with Crippen LogP contribution in [-0.2, 0) is 14.3 Å². The molecule has 17 heavy (non-hydrogen) atoms. The Morgan fingerprint density at radius 3 is 2.71 bits per heavy atom. The van der Waals surface area contributed by atoms with Crippen molar-refractivity contribution in [1.82, 2.24) is 0 Å². The fraction of sp³-hybridized carbons (Fsp3) is 0.929. The molecule has 1 aliphatic heterocycles. The van der Waals surface area contributed by atoms with Crippen LogP contribution in [0.3, 0.4) is 0 Å². The number of hydrogen-bond donors (Lipinski definition) is 0. The van der Waals surface area contributed by atoms with Gasteiger partial charge in [0.1, 0.15) is 5.60 Å². The molecule has 2 atom stereocenters. The first-order valence-electron chi connectivity index (χ1n) is 6.79. The summed E-state index contributed by atoms with van der Waals surface area (Å²) in [6, 6.07) is 0. The van der Waals surface area contributed by atoms with Gasteiger partial charge in [-0.2, -0.15) is 0 Å². The molecular weight excluding hydrogens is 216 g/mol. The van der Waals surface area contributed by atoms with Crippen LogP contribution in [0.15, 0.2) is 0 Å². The Morgan fingerprint density at radius 1 is 1.53 bits per heavy atom. The average Bonchev–Trinajstić information content (AvgIpc) is 2.35. The van der Waals surface area contributed by atoms with E-state index in [1.165, 1.54) is 6.42 Å². The van der Waals surface area contributed by atoms with E-state index in [9.17, 15) is 4.79 Å². The predicted molar refractivity (Wildman–Crippen MR) is 66.0 cm³/mol. The lowest BCUT2D eigenvalue weighted by molar-refractivity contribution is -0.167. The molecule has 3 nitrogen and oxygen atoms in total. The van der Waals surface area contributed by atoms with Crippen molar-refractivity contribution in [2.24, 2.45) is 5.92 Å². The number of methoxy groups -OCH3 is 1. The molecule has 1 spiro atoms. The smallest absolute Gasteiger partial charge is 0.167 e. The van der Waals surface area contributed by atoms with Crippen LogP contribution < -0.4 is 0 Å². The molecule has 2 unspecified atom stereocenters. The number of ketones is 1. The summed E-state index contributed by atoms with van der Waals surface area (Å²) in [5, 5.41) is 0. The maximum atomic E-state index is 12.5. The van der Waals surface area contributed by atoms with Crippen LogP contribution in [0.25, 0.3) is 0 Å². The Labute approximate surface area is 104 Å². The lowest BCUT2D eigenvalue weighted by Crippen LogP contribution is -2.51. The predicted octanol–water partition coefficient (Wildman–Crippen LogP) is 2.72. The summed E-state index contributed by atoms with van der Waals surface area (Å²) in [6.45, 7) is 4.66. The summed E-state index contributed by atoms with van der Waals surface area (Å²) in [4.78, 5) is 12.5. The van der Waals surface area contributed by atoms with Gasteiger partial charge in [0.05, 0.1) is 5.60 Å². The van der Waals surface area contributed by atoms with Crippen LogP contribution in [0.5, 0.6) is 0 Å². The minimum atomic E-state index is -0.604. The van der Waals surface area contributed by atoms with Crippen molar-refractivity contribution in [3.05, 3.63) is 0 Å². The first-order valence-corrected chi connectivity index (χ1v) is 6.79. The molecule has 0 aromatic carbocycles. The SMILES string of the molecule is CCC(C)(OC)C(=O)C1CCOC2(CCC2)C1. The van der Waals surface area contributed by atoms with E-state index in [-0.39, 0.29) is 17.3 Å². The third-order valence-electron chi connectivity index (χ3n) is 4.77. The summed E-state index contributed by atoms with van der Waals surface area (Å²) in [6.07, 6.45) is 6.02. The Morgan fingerprint density at radius 2 is 2.24 bits per heavy atom. The van der Waals surface area contributed by atoms with Gasteiger partial charge < -0.3 is 9.47 Å². The second-order valence-electron chi connectivity index (χ2n) is 5.73. The van der Waals surface area contributed by atoms with E-state index >= 15 is 0 Å².